The van der Waals surface area contributed by atoms with Crippen molar-refractivity contribution in [3.63, 3.8) is 0 Å². The van der Waals surface area contributed by atoms with Gasteiger partial charge >= 0.3 is 0 Å². The standard InChI is InChI=1S/C20H19N3O4/c1-13-6-8-14(9-7-13)21-19(26)15-4-2-3-5-16(15)22-17-12-18(25)23(10-11-24)20(17)27/h2-9,12,22,24H,10-11H2,1H3,(H,21,26). The average Bonchev–Trinajstić information content (AvgIpc) is 2.92. The number of benzene rings is 2. The molecule has 3 rings (SSSR count). The lowest BCUT2D eigenvalue weighted by Crippen LogP contribution is -2.34. The molecule has 1 aliphatic rings. The van der Waals surface area contributed by atoms with Gasteiger partial charge in [0.05, 0.1) is 24.4 Å². The van der Waals surface area contributed by atoms with Crippen LogP contribution in [0.2, 0.25) is 0 Å². The van der Waals surface area contributed by atoms with Gasteiger partial charge in [0.15, 0.2) is 0 Å². The molecule has 0 unspecified atom stereocenters. The van der Waals surface area contributed by atoms with E-state index in [1.54, 1.807) is 36.4 Å². The van der Waals surface area contributed by atoms with Crippen molar-refractivity contribution in [2.24, 2.45) is 0 Å². The van der Waals surface area contributed by atoms with Crippen molar-refractivity contribution in [2.45, 2.75) is 6.92 Å². The van der Waals surface area contributed by atoms with Crippen molar-refractivity contribution < 1.29 is 19.5 Å². The Kier molecular flexibility index (Phi) is 5.33. The summed E-state index contributed by atoms with van der Waals surface area (Å²) in [6.07, 6.45) is 1.16. The van der Waals surface area contributed by atoms with Gasteiger partial charge < -0.3 is 15.7 Å². The molecule has 0 fully saturated rings. The fourth-order valence-corrected chi connectivity index (χ4v) is 2.68. The van der Waals surface area contributed by atoms with Crippen molar-refractivity contribution >= 4 is 29.1 Å². The molecule has 7 nitrogen and oxygen atoms in total. The monoisotopic (exact) mass is 365 g/mol. The van der Waals surface area contributed by atoms with Gasteiger partial charge in [-0.25, -0.2) is 0 Å². The van der Waals surface area contributed by atoms with Crippen LogP contribution < -0.4 is 10.6 Å². The lowest BCUT2D eigenvalue weighted by atomic mass is 10.1. The fraction of sp³-hybridized carbons (Fsp3) is 0.150. The zero-order chi connectivity index (χ0) is 19.4. The molecule has 0 radical (unpaired) electrons. The number of para-hydroxylation sites is 1. The molecule has 1 heterocycles. The van der Waals surface area contributed by atoms with E-state index in [4.69, 9.17) is 5.11 Å². The zero-order valence-corrected chi connectivity index (χ0v) is 14.7. The van der Waals surface area contributed by atoms with Crippen LogP contribution in [0.4, 0.5) is 11.4 Å². The van der Waals surface area contributed by atoms with Gasteiger partial charge in [0, 0.05) is 11.8 Å². The number of hydrogen-bond donors (Lipinski definition) is 3. The number of nitrogens with zero attached hydrogens (tertiary/aromatic N) is 1. The van der Waals surface area contributed by atoms with E-state index in [0.29, 0.717) is 16.9 Å². The summed E-state index contributed by atoms with van der Waals surface area (Å²) in [5.74, 6) is -1.38. The number of β-amino-alcohol motifs (C(OH)–C–C–N with tert-alkyl or cyclic N) is 1. The molecule has 138 valence electrons. The smallest absolute Gasteiger partial charge is 0.277 e. The Morgan fingerprint density at radius 2 is 1.78 bits per heavy atom. The number of aryl methyl sites for hydroxylation is 1. The van der Waals surface area contributed by atoms with Crippen molar-refractivity contribution in [3.8, 4) is 0 Å². The largest absolute Gasteiger partial charge is 0.395 e. The Balaban J connectivity index is 1.79. The number of carbonyl (C=O) groups excluding carboxylic acids is 3. The number of anilines is 2. The highest BCUT2D eigenvalue weighted by Crippen LogP contribution is 2.22. The van der Waals surface area contributed by atoms with Crippen molar-refractivity contribution in [1.82, 2.24) is 4.90 Å². The van der Waals surface area contributed by atoms with Crippen LogP contribution in [0.25, 0.3) is 0 Å². The van der Waals surface area contributed by atoms with Crippen molar-refractivity contribution in [2.75, 3.05) is 23.8 Å². The Morgan fingerprint density at radius 1 is 1.07 bits per heavy atom. The third-order valence-corrected chi connectivity index (χ3v) is 4.08. The molecule has 3 N–H and O–H groups in total. The molecule has 2 aromatic rings. The Bertz CT molecular complexity index is 919. The summed E-state index contributed by atoms with van der Waals surface area (Å²) in [5, 5.41) is 14.6. The van der Waals surface area contributed by atoms with Crippen LogP contribution in [0.15, 0.2) is 60.3 Å². The Labute approximate surface area is 156 Å². The highest BCUT2D eigenvalue weighted by atomic mass is 16.3. The summed E-state index contributed by atoms with van der Waals surface area (Å²) >= 11 is 0. The Hall–Kier alpha value is -3.45. The molecule has 0 saturated heterocycles. The second-order valence-electron chi connectivity index (χ2n) is 6.07. The molecule has 0 bridgehead atoms. The summed E-state index contributed by atoms with van der Waals surface area (Å²) in [5.41, 5.74) is 2.53. The molecule has 27 heavy (non-hydrogen) atoms. The topological polar surface area (TPSA) is 98.7 Å². The second-order valence-corrected chi connectivity index (χ2v) is 6.07. The third kappa shape index (κ3) is 4.04. The molecule has 7 heteroatoms. The molecule has 1 aliphatic heterocycles. The highest BCUT2D eigenvalue weighted by Gasteiger charge is 2.31. The van der Waals surface area contributed by atoms with Gasteiger partial charge in [-0.3, -0.25) is 19.3 Å². The number of aliphatic hydroxyl groups is 1. The number of hydrogen-bond acceptors (Lipinski definition) is 5. The maximum atomic E-state index is 12.6. The number of imide groups is 1. The van der Waals surface area contributed by atoms with E-state index < -0.39 is 11.8 Å². The summed E-state index contributed by atoms with van der Waals surface area (Å²) in [7, 11) is 0. The van der Waals surface area contributed by atoms with Crippen LogP contribution in [-0.2, 0) is 9.59 Å². The van der Waals surface area contributed by atoms with Crippen LogP contribution in [-0.4, -0.2) is 40.9 Å². The van der Waals surface area contributed by atoms with Crippen LogP contribution in [0.5, 0.6) is 0 Å². The molecule has 0 saturated carbocycles. The van der Waals surface area contributed by atoms with E-state index in [2.05, 4.69) is 10.6 Å². The highest BCUT2D eigenvalue weighted by molar-refractivity contribution is 6.18. The first kappa shape index (κ1) is 18.3. The lowest BCUT2D eigenvalue weighted by molar-refractivity contribution is -0.137. The van der Waals surface area contributed by atoms with Gasteiger partial charge in [-0.05, 0) is 31.2 Å². The quantitative estimate of drug-likeness (QED) is 0.679. The first-order chi connectivity index (χ1) is 13.0. The summed E-state index contributed by atoms with van der Waals surface area (Å²) < 4.78 is 0. The van der Waals surface area contributed by atoms with Crippen molar-refractivity contribution in [3.05, 3.63) is 71.4 Å². The fourth-order valence-electron chi connectivity index (χ4n) is 2.68. The van der Waals surface area contributed by atoms with Crippen LogP contribution in [0, 0.1) is 6.92 Å². The van der Waals surface area contributed by atoms with Crippen LogP contribution in [0.3, 0.4) is 0 Å². The predicted octanol–water partition coefficient (Wildman–Crippen LogP) is 1.90. The number of carbonyl (C=O) groups is 3. The van der Waals surface area contributed by atoms with E-state index in [1.165, 1.54) is 0 Å². The maximum absolute atomic E-state index is 12.6. The number of rotatable bonds is 6. The minimum atomic E-state index is -0.539. The van der Waals surface area contributed by atoms with E-state index in [9.17, 15) is 14.4 Å². The van der Waals surface area contributed by atoms with Gasteiger partial charge in [0.2, 0.25) is 0 Å². The minimum Gasteiger partial charge on any atom is -0.395 e. The van der Waals surface area contributed by atoms with E-state index >= 15 is 0 Å². The summed E-state index contributed by atoms with van der Waals surface area (Å²) in [6, 6.07) is 14.1. The van der Waals surface area contributed by atoms with Crippen molar-refractivity contribution in [1.29, 1.82) is 0 Å². The molecule has 2 aromatic carbocycles. The van der Waals surface area contributed by atoms with Gasteiger partial charge in [-0.2, -0.15) is 0 Å². The first-order valence-corrected chi connectivity index (χ1v) is 8.42. The first-order valence-electron chi connectivity index (χ1n) is 8.42. The molecule has 3 amide bonds. The Morgan fingerprint density at radius 3 is 2.48 bits per heavy atom. The minimum absolute atomic E-state index is 0.0593. The molecule has 0 aromatic heterocycles. The molecule has 0 aliphatic carbocycles. The number of aliphatic hydroxyl groups excluding tert-OH is 1. The zero-order valence-electron chi connectivity index (χ0n) is 14.7. The van der Waals surface area contributed by atoms with Crippen LogP contribution >= 0.6 is 0 Å². The molecular formula is C20H19N3O4. The van der Waals surface area contributed by atoms with Crippen LogP contribution in [0.1, 0.15) is 15.9 Å². The summed E-state index contributed by atoms with van der Waals surface area (Å²) in [6.45, 7) is 1.57. The predicted molar refractivity (Wildman–Crippen MR) is 101 cm³/mol. The normalized spacial score (nSPS) is 13.6. The number of amides is 3. The molecular weight excluding hydrogens is 346 g/mol. The van der Waals surface area contributed by atoms with E-state index in [-0.39, 0.29) is 24.8 Å². The molecule has 0 atom stereocenters. The SMILES string of the molecule is Cc1ccc(NC(=O)c2ccccc2NC2=CC(=O)N(CCO)C2=O)cc1. The van der Waals surface area contributed by atoms with Gasteiger partial charge in [-0.15, -0.1) is 0 Å². The van der Waals surface area contributed by atoms with Gasteiger partial charge in [0.1, 0.15) is 5.70 Å². The second kappa shape index (κ2) is 7.84. The molecule has 0 spiro atoms. The van der Waals surface area contributed by atoms with Gasteiger partial charge in [0.25, 0.3) is 17.7 Å². The lowest BCUT2D eigenvalue weighted by Gasteiger charge is -2.15. The van der Waals surface area contributed by atoms with E-state index in [1.807, 2.05) is 19.1 Å². The maximum Gasteiger partial charge on any atom is 0.277 e. The van der Waals surface area contributed by atoms with Gasteiger partial charge in [-0.1, -0.05) is 29.8 Å². The summed E-state index contributed by atoms with van der Waals surface area (Å²) in [4.78, 5) is 37.7. The average molecular weight is 365 g/mol. The third-order valence-electron chi connectivity index (χ3n) is 4.08. The number of nitrogens with one attached hydrogen (secondary N) is 2. The van der Waals surface area contributed by atoms with E-state index in [0.717, 1.165) is 16.5 Å².